The number of carbonyl (C=O) groups is 2. The first kappa shape index (κ1) is 16.7. The molecule has 1 rings (SSSR count). The number of ether oxygens (including phenoxy) is 2. The lowest BCUT2D eigenvalue weighted by Gasteiger charge is -2.03. The highest BCUT2D eigenvalue weighted by molar-refractivity contribution is 5.91. The van der Waals surface area contributed by atoms with E-state index in [0.717, 1.165) is 12.0 Å². The van der Waals surface area contributed by atoms with E-state index in [2.05, 4.69) is 5.32 Å². The fourth-order valence-electron chi connectivity index (χ4n) is 1.49. The molecule has 0 aliphatic rings. The maximum absolute atomic E-state index is 11.5. The summed E-state index contributed by atoms with van der Waals surface area (Å²) in [5, 5.41) is 2.75. The molecule has 0 bridgehead atoms. The second kappa shape index (κ2) is 9.55. The highest BCUT2D eigenvalue weighted by Gasteiger charge is 1.98. The van der Waals surface area contributed by atoms with Gasteiger partial charge in [0.25, 0.3) is 5.91 Å². The molecule has 0 unspecified atom stereocenters. The Bertz CT molecular complexity index is 483. The minimum atomic E-state index is -0.524. The molecule has 0 atom stereocenters. The van der Waals surface area contributed by atoms with Crippen LogP contribution in [0.2, 0.25) is 0 Å². The van der Waals surface area contributed by atoms with E-state index in [0.29, 0.717) is 18.9 Å². The molecule has 0 aliphatic heterocycles. The van der Waals surface area contributed by atoms with E-state index in [9.17, 15) is 9.59 Å². The van der Waals surface area contributed by atoms with Crippen LogP contribution in [-0.4, -0.2) is 38.7 Å². The molecule has 0 aromatic heterocycles. The van der Waals surface area contributed by atoms with Gasteiger partial charge in [-0.15, -0.1) is 0 Å². The van der Waals surface area contributed by atoms with Crippen molar-refractivity contribution in [3.63, 3.8) is 0 Å². The molecular weight excluding hydrogens is 272 g/mol. The van der Waals surface area contributed by atoms with Crippen molar-refractivity contribution in [2.24, 2.45) is 5.73 Å². The second-order valence-corrected chi connectivity index (χ2v) is 4.29. The molecule has 0 aliphatic carbocycles. The Labute approximate surface area is 123 Å². The van der Waals surface area contributed by atoms with Gasteiger partial charge in [0.2, 0.25) is 5.91 Å². The molecule has 1 aromatic carbocycles. The van der Waals surface area contributed by atoms with E-state index in [1.165, 1.54) is 6.08 Å². The van der Waals surface area contributed by atoms with Crippen LogP contribution >= 0.6 is 0 Å². The molecule has 0 saturated heterocycles. The number of nitrogens with one attached hydrogen (secondary N) is 1. The van der Waals surface area contributed by atoms with Gasteiger partial charge in [-0.2, -0.15) is 0 Å². The zero-order chi connectivity index (χ0) is 15.5. The van der Waals surface area contributed by atoms with E-state index in [1.54, 1.807) is 37.5 Å². The second-order valence-electron chi connectivity index (χ2n) is 4.29. The van der Waals surface area contributed by atoms with Crippen molar-refractivity contribution in [1.29, 1.82) is 0 Å². The van der Waals surface area contributed by atoms with Crippen LogP contribution in [0.1, 0.15) is 12.0 Å². The summed E-state index contributed by atoms with van der Waals surface area (Å²) < 4.78 is 10.0. The average molecular weight is 292 g/mol. The molecule has 114 valence electrons. The van der Waals surface area contributed by atoms with Gasteiger partial charge in [-0.05, 0) is 30.2 Å². The molecular formula is C15H20N2O4. The van der Waals surface area contributed by atoms with Crippen LogP contribution in [0, 0.1) is 0 Å². The van der Waals surface area contributed by atoms with Gasteiger partial charge in [-0.1, -0.05) is 12.1 Å². The summed E-state index contributed by atoms with van der Waals surface area (Å²) in [4.78, 5) is 22.1. The van der Waals surface area contributed by atoms with Gasteiger partial charge in [0, 0.05) is 26.3 Å². The molecule has 2 amide bonds. The van der Waals surface area contributed by atoms with Crippen LogP contribution in [0.3, 0.4) is 0 Å². The number of nitrogens with two attached hydrogens (primary N) is 1. The maximum Gasteiger partial charge on any atom is 0.255 e. The Kier molecular flexibility index (Phi) is 7.60. The molecule has 21 heavy (non-hydrogen) atoms. The molecule has 0 radical (unpaired) electrons. The summed E-state index contributed by atoms with van der Waals surface area (Å²) in [5.74, 6) is -0.126. The minimum absolute atomic E-state index is 0.153. The molecule has 1 aromatic rings. The van der Waals surface area contributed by atoms with Gasteiger partial charge >= 0.3 is 0 Å². The van der Waals surface area contributed by atoms with E-state index >= 15 is 0 Å². The summed E-state index contributed by atoms with van der Waals surface area (Å²) in [5.41, 5.74) is 5.84. The summed E-state index contributed by atoms with van der Waals surface area (Å²) in [7, 11) is 1.62. The lowest BCUT2D eigenvalue weighted by atomic mass is 10.2. The highest BCUT2D eigenvalue weighted by Crippen LogP contribution is 2.12. The fourth-order valence-corrected chi connectivity index (χ4v) is 1.49. The van der Waals surface area contributed by atoms with Crippen LogP contribution < -0.4 is 15.8 Å². The number of hydrogen-bond donors (Lipinski definition) is 2. The smallest absolute Gasteiger partial charge is 0.255 e. The highest BCUT2D eigenvalue weighted by atomic mass is 16.5. The lowest BCUT2D eigenvalue weighted by molar-refractivity contribution is -0.120. The normalized spacial score (nSPS) is 10.5. The Hall–Kier alpha value is -2.34. The summed E-state index contributed by atoms with van der Waals surface area (Å²) in [6.45, 7) is 1.05. The van der Waals surface area contributed by atoms with Gasteiger partial charge < -0.3 is 20.5 Å². The Morgan fingerprint density at radius 1 is 1.29 bits per heavy atom. The zero-order valence-corrected chi connectivity index (χ0v) is 12.0. The molecule has 0 saturated carbocycles. The van der Waals surface area contributed by atoms with Crippen molar-refractivity contribution in [3.05, 3.63) is 35.9 Å². The van der Waals surface area contributed by atoms with Crippen molar-refractivity contribution >= 4 is 17.9 Å². The molecule has 0 heterocycles. The van der Waals surface area contributed by atoms with Crippen LogP contribution in [-0.2, 0) is 14.3 Å². The number of hydrogen-bond acceptors (Lipinski definition) is 4. The first-order chi connectivity index (χ1) is 10.1. The first-order valence-corrected chi connectivity index (χ1v) is 6.58. The lowest BCUT2D eigenvalue weighted by Crippen LogP contribution is -2.22. The number of primary amides is 1. The Morgan fingerprint density at radius 2 is 2.00 bits per heavy atom. The van der Waals surface area contributed by atoms with Crippen molar-refractivity contribution in [1.82, 2.24) is 5.32 Å². The largest absolute Gasteiger partial charge is 0.484 e. The van der Waals surface area contributed by atoms with Gasteiger partial charge in [0.05, 0.1) is 0 Å². The Balaban J connectivity index is 2.38. The quantitative estimate of drug-likeness (QED) is 0.518. The number of rotatable bonds is 9. The number of amides is 2. The number of carbonyl (C=O) groups excluding carboxylic acids is 2. The van der Waals surface area contributed by atoms with Gasteiger partial charge in [0.15, 0.2) is 6.61 Å². The van der Waals surface area contributed by atoms with E-state index in [-0.39, 0.29) is 12.5 Å². The third-order valence-corrected chi connectivity index (χ3v) is 2.51. The molecule has 3 N–H and O–H groups in total. The van der Waals surface area contributed by atoms with Gasteiger partial charge in [0.1, 0.15) is 5.75 Å². The molecule has 6 heteroatoms. The van der Waals surface area contributed by atoms with Gasteiger partial charge in [-0.25, -0.2) is 0 Å². The van der Waals surface area contributed by atoms with Crippen molar-refractivity contribution < 1.29 is 19.1 Å². The van der Waals surface area contributed by atoms with Crippen molar-refractivity contribution in [2.75, 3.05) is 26.9 Å². The minimum Gasteiger partial charge on any atom is -0.484 e. The number of benzene rings is 1. The zero-order valence-electron chi connectivity index (χ0n) is 12.0. The fraction of sp³-hybridized carbons (Fsp3) is 0.333. The van der Waals surface area contributed by atoms with Crippen LogP contribution in [0.15, 0.2) is 30.3 Å². The average Bonchev–Trinajstić information content (AvgIpc) is 2.48. The molecule has 6 nitrogen and oxygen atoms in total. The van der Waals surface area contributed by atoms with Crippen LogP contribution in [0.25, 0.3) is 6.08 Å². The first-order valence-electron chi connectivity index (χ1n) is 6.58. The topological polar surface area (TPSA) is 90.7 Å². The SMILES string of the molecule is COCCCNC(=O)/C=C/c1ccc(OCC(N)=O)cc1. The summed E-state index contributed by atoms with van der Waals surface area (Å²) in [6, 6.07) is 6.98. The van der Waals surface area contributed by atoms with E-state index in [4.69, 9.17) is 15.2 Å². The predicted octanol–water partition coefficient (Wildman–Crippen LogP) is 0.717. The van der Waals surface area contributed by atoms with E-state index < -0.39 is 5.91 Å². The molecule has 0 fully saturated rings. The van der Waals surface area contributed by atoms with Gasteiger partial charge in [-0.3, -0.25) is 9.59 Å². The molecule has 0 spiro atoms. The monoisotopic (exact) mass is 292 g/mol. The maximum atomic E-state index is 11.5. The van der Waals surface area contributed by atoms with Crippen molar-refractivity contribution in [3.8, 4) is 5.75 Å². The number of methoxy groups -OCH3 is 1. The summed E-state index contributed by atoms with van der Waals surface area (Å²) >= 11 is 0. The third kappa shape index (κ3) is 7.74. The predicted molar refractivity (Wildman–Crippen MR) is 79.7 cm³/mol. The van der Waals surface area contributed by atoms with Crippen LogP contribution in [0.4, 0.5) is 0 Å². The van der Waals surface area contributed by atoms with Crippen LogP contribution in [0.5, 0.6) is 5.75 Å². The standard InChI is InChI=1S/C15H20N2O4/c1-20-10-2-9-17-15(19)8-5-12-3-6-13(7-4-12)21-11-14(16)18/h3-8H,2,9-11H2,1H3,(H2,16,18)(H,17,19)/b8-5+. The summed E-state index contributed by atoms with van der Waals surface area (Å²) in [6.07, 6.45) is 3.94. The van der Waals surface area contributed by atoms with E-state index in [1.807, 2.05) is 0 Å². The Morgan fingerprint density at radius 3 is 2.62 bits per heavy atom. The third-order valence-electron chi connectivity index (χ3n) is 2.51. The van der Waals surface area contributed by atoms with Crippen molar-refractivity contribution in [2.45, 2.75) is 6.42 Å².